The molecular weight excluding hydrogens is 262 g/mol. The minimum absolute atomic E-state index is 0.370. The summed E-state index contributed by atoms with van der Waals surface area (Å²) in [5.74, 6) is 1.08. The van der Waals surface area contributed by atoms with Crippen LogP contribution in [-0.4, -0.2) is 37.3 Å². The van der Waals surface area contributed by atoms with Crippen LogP contribution in [0.4, 0.5) is 5.82 Å². The van der Waals surface area contributed by atoms with Gasteiger partial charge >= 0.3 is 0 Å². The number of hydrogen-bond donors (Lipinski definition) is 1. The van der Waals surface area contributed by atoms with E-state index < -0.39 is 0 Å². The Labute approximate surface area is 127 Å². The summed E-state index contributed by atoms with van der Waals surface area (Å²) in [6.45, 7) is 4.98. The van der Waals surface area contributed by atoms with Crippen LogP contribution < -0.4 is 10.2 Å². The van der Waals surface area contributed by atoms with Gasteiger partial charge in [0.25, 0.3) is 0 Å². The summed E-state index contributed by atoms with van der Waals surface area (Å²) in [5, 5.41) is 3.59. The Bertz CT molecular complexity index is 467. The average Bonchev–Trinajstić information content (AvgIpc) is 3.20. The molecule has 1 N–H and O–H groups in total. The maximum Gasteiger partial charge on any atom is 0.128 e. The molecule has 116 valence electrons. The predicted octanol–water partition coefficient (Wildman–Crippen LogP) is 2.51. The van der Waals surface area contributed by atoms with Crippen LogP contribution in [0, 0.1) is 0 Å². The summed E-state index contributed by atoms with van der Waals surface area (Å²) in [7, 11) is 2.13. The molecule has 1 unspecified atom stereocenters. The molecule has 2 fully saturated rings. The Kier molecular flexibility index (Phi) is 4.76. The van der Waals surface area contributed by atoms with Crippen LogP contribution in [0.3, 0.4) is 0 Å². The Morgan fingerprint density at radius 2 is 2.19 bits per heavy atom. The third kappa shape index (κ3) is 4.17. The van der Waals surface area contributed by atoms with E-state index in [1.807, 2.05) is 0 Å². The molecule has 1 aromatic heterocycles. The van der Waals surface area contributed by atoms with Crippen molar-refractivity contribution in [2.75, 3.05) is 25.1 Å². The molecule has 0 radical (unpaired) electrons. The van der Waals surface area contributed by atoms with Gasteiger partial charge in [-0.05, 0) is 49.8 Å². The summed E-state index contributed by atoms with van der Waals surface area (Å²) in [5.41, 5.74) is 2.53. The zero-order chi connectivity index (χ0) is 14.7. The molecule has 2 aliphatic rings. The van der Waals surface area contributed by atoms with Crippen LogP contribution >= 0.6 is 0 Å². The second-order valence-corrected chi connectivity index (χ2v) is 6.35. The summed E-state index contributed by atoms with van der Waals surface area (Å²) in [6.07, 6.45) is 6.38. The number of nitrogens with zero attached hydrogens (tertiary/aromatic N) is 2. The van der Waals surface area contributed by atoms with E-state index in [1.54, 1.807) is 0 Å². The highest BCUT2D eigenvalue weighted by molar-refractivity contribution is 5.42. The van der Waals surface area contributed by atoms with E-state index in [1.165, 1.54) is 36.9 Å². The number of aryl methyl sites for hydroxylation is 1. The second-order valence-electron chi connectivity index (χ2n) is 6.35. The van der Waals surface area contributed by atoms with Crippen molar-refractivity contribution in [1.82, 2.24) is 10.3 Å². The molecule has 1 saturated heterocycles. The number of anilines is 1. The SMILES string of the molecule is CCc1cc(CNC2CC2)cc(N(C)CC2CCCO2)n1. The standard InChI is InChI=1S/C17H27N3O/c1-3-14-9-13(11-18-15-6-7-15)10-17(19-14)20(2)12-16-5-4-8-21-16/h9-10,15-16,18H,3-8,11-12H2,1-2H3. The van der Waals surface area contributed by atoms with E-state index in [0.717, 1.165) is 38.0 Å². The fourth-order valence-corrected chi connectivity index (χ4v) is 2.85. The molecule has 3 rings (SSSR count). The van der Waals surface area contributed by atoms with Crippen LogP contribution in [0.5, 0.6) is 0 Å². The van der Waals surface area contributed by atoms with Crippen molar-refractivity contribution < 1.29 is 4.74 Å². The lowest BCUT2D eigenvalue weighted by Gasteiger charge is -2.23. The van der Waals surface area contributed by atoms with Gasteiger partial charge in [0.2, 0.25) is 0 Å². The molecule has 4 nitrogen and oxygen atoms in total. The topological polar surface area (TPSA) is 37.4 Å². The Morgan fingerprint density at radius 3 is 2.86 bits per heavy atom. The third-order valence-electron chi connectivity index (χ3n) is 4.35. The first-order chi connectivity index (χ1) is 10.2. The van der Waals surface area contributed by atoms with Gasteiger partial charge in [-0.2, -0.15) is 0 Å². The van der Waals surface area contributed by atoms with Crippen molar-refractivity contribution in [3.05, 3.63) is 23.4 Å². The highest BCUT2D eigenvalue weighted by atomic mass is 16.5. The molecule has 21 heavy (non-hydrogen) atoms. The van der Waals surface area contributed by atoms with E-state index in [2.05, 4.69) is 36.3 Å². The van der Waals surface area contributed by atoms with E-state index in [9.17, 15) is 0 Å². The van der Waals surface area contributed by atoms with Crippen LogP contribution in [0.15, 0.2) is 12.1 Å². The van der Waals surface area contributed by atoms with Gasteiger partial charge in [-0.15, -0.1) is 0 Å². The maximum absolute atomic E-state index is 5.74. The van der Waals surface area contributed by atoms with Gasteiger partial charge in [-0.1, -0.05) is 6.92 Å². The smallest absolute Gasteiger partial charge is 0.128 e. The number of aromatic nitrogens is 1. The van der Waals surface area contributed by atoms with Crippen molar-refractivity contribution in [3.8, 4) is 0 Å². The van der Waals surface area contributed by atoms with Gasteiger partial charge in [-0.25, -0.2) is 4.98 Å². The van der Waals surface area contributed by atoms with E-state index >= 15 is 0 Å². The monoisotopic (exact) mass is 289 g/mol. The van der Waals surface area contributed by atoms with E-state index in [4.69, 9.17) is 9.72 Å². The van der Waals surface area contributed by atoms with Crippen molar-refractivity contribution in [1.29, 1.82) is 0 Å². The third-order valence-corrected chi connectivity index (χ3v) is 4.35. The Hall–Kier alpha value is -1.13. The summed E-state index contributed by atoms with van der Waals surface area (Å²) in [6, 6.07) is 5.21. The summed E-state index contributed by atoms with van der Waals surface area (Å²) >= 11 is 0. The lowest BCUT2D eigenvalue weighted by Crippen LogP contribution is -2.29. The molecule has 0 spiro atoms. The highest BCUT2D eigenvalue weighted by Crippen LogP contribution is 2.21. The van der Waals surface area contributed by atoms with Crippen LogP contribution in [0.25, 0.3) is 0 Å². The first-order valence-corrected chi connectivity index (χ1v) is 8.30. The Balaban J connectivity index is 1.67. The average molecular weight is 289 g/mol. The minimum Gasteiger partial charge on any atom is -0.376 e. The molecule has 0 amide bonds. The zero-order valence-electron chi connectivity index (χ0n) is 13.3. The maximum atomic E-state index is 5.74. The zero-order valence-corrected chi connectivity index (χ0v) is 13.3. The number of hydrogen-bond acceptors (Lipinski definition) is 4. The summed E-state index contributed by atoms with van der Waals surface area (Å²) in [4.78, 5) is 7.03. The number of pyridine rings is 1. The molecule has 0 bridgehead atoms. The van der Waals surface area contributed by atoms with Crippen LogP contribution in [-0.2, 0) is 17.7 Å². The fourth-order valence-electron chi connectivity index (χ4n) is 2.85. The van der Waals surface area contributed by atoms with Crippen LogP contribution in [0.1, 0.15) is 43.9 Å². The Morgan fingerprint density at radius 1 is 1.33 bits per heavy atom. The van der Waals surface area contributed by atoms with Gasteiger partial charge in [-0.3, -0.25) is 0 Å². The van der Waals surface area contributed by atoms with Gasteiger partial charge in [0.15, 0.2) is 0 Å². The second kappa shape index (κ2) is 6.75. The highest BCUT2D eigenvalue weighted by Gasteiger charge is 2.21. The quantitative estimate of drug-likeness (QED) is 0.837. The first-order valence-electron chi connectivity index (χ1n) is 8.30. The molecule has 1 aromatic rings. The van der Waals surface area contributed by atoms with E-state index in [0.29, 0.717) is 6.10 Å². The van der Waals surface area contributed by atoms with Crippen LogP contribution in [0.2, 0.25) is 0 Å². The summed E-state index contributed by atoms with van der Waals surface area (Å²) < 4.78 is 5.74. The lowest BCUT2D eigenvalue weighted by atomic mass is 10.1. The normalized spacial score (nSPS) is 21.7. The lowest BCUT2D eigenvalue weighted by molar-refractivity contribution is 0.116. The fraction of sp³-hybridized carbons (Fsp3) is 0.706. The number of nitrogens with one attached hydrogen (secondary N) is 1. The number of rotatable bonds is 7. The van der Waals surface area contributed by atoms with Gasteiger partial charge in [0.05, 0.1) is 6.10 Å². The molecule has 1 saturated carbocycles. The molecule has 1 aliphatic heterocycles. The number of ether oxygens (including phenoxy) is 1. The number of likely N-dealkylation sites (N-methyl/N-ethyl adjacent to an activating group) is 1. The van der Waals surface area contributed by atoms with Crippen molar-refractivity contribution in [2.24, 2.45) is 0 Å². The first kappa shape index (κ1) is 14.8. The van der Waals surface area contributed by atoms with Gasteiger partial charge in [0, 0.05) is 38.5 Å². The molecule has 1 atom stereocenters. The van der Waals surface area contributed by atoms with Crippen molar-refractivity contribution in [2.45, 2.75) is 57.7 Å². The largest absolute Gasteiger partial charge is 0.376 e. The van der Waals surface area contributed by atoms with Crippen molar-refractivity contribution >= 4 is 5.82 Å². The van der Waals surface area contributed by atoms with E-state index in [-0.39, 0.29) is 0 Å². The predicted molar refractivity (Wildman–Crippen MR) is 85.7 cm³/mol. The molecule has 2 heterocycles. The van der Waals surface area contributed by atoms with Crippen molar-refractivity contribution in [3.63, 3.8) is 0 Å². The van der Waals surface area contributed by atoms with Gasteiger partial charge in [0.1, 0.15) is 5.82 Å². The molecule has 1 aliphatic carbocycles. The minimum atomic E-state index is 0.370. The molecule has 4 heteroatoms. The molecular formula is C17H27N3O. The van der Waals surface area contributed by atoms with Gasteiger partial charge < -0.3 is 15.0 Å². The molecule has 0 aromatic carbocycles.